The fourth-order valence-corrected chi connectivity index (χ4v) is 5.83. The molecule has 1 fully saturated rings. The topological polar surface area (TPSA) is 52.6 Å². The van der Waals surface area contributed by atoms with Crippen molar-refractivity contribution in [2.24, 2.45) is 17.8 Å². The number of esters is 2. The summed E-state index contributed by atoms with van der Waals surface area (Å²) >= 11 is 0. The first-order valence-electron chi connectivity index (χ1n) is 13.2. The molecule has 4 aromatic carbocycles. The van der Waals surface area contributed by atoms with E-state index in [-0.39, 0.29) is 12.1 Å². The van der Waals surface area contributed by atoms with Crippen molar-refractivity contribution >= 4 is 33.5 Å². The molecule has 4 heteroatoms. The molecule has 0 spiro atoms. The molecular weight excluding hydrogens is 460 g/mol. The van der Waals surface area contributed by atoms with Crippen molar-refractivity contribution in [3.05, 3.63) is 83.9 Å². The molecule has 1 saturated carbocycles. The van der Waals surface area contributed by atoms with E-state index in [9.17, 15) is 9.59 Å². The third-order valence-corrected chi connectivity index (χ3v) is 7.91. The van der Waals surface area contributed by atoms with Crippen molar-refractivity contribution < 1.29 is 19.1 Å². The van der Waals surface area contributed by atoms with E-state index in [1.807, 2.05) is 72.8 Å². The third-order valence-electron chi connectivity index (χ3n) is 7.91. The summed E-state index contributed by atoms with van der Waals surface area (Å²) in [7, 11) is 1.38. The van der Waals surface area contributed by atoms with Crippen LogP contribution in [-0.4, -0.2) is 25.2 Å². The number of rotatable bonds is 5. The minimum absolute atomic E-state index is 0.118. The van der Waals surface area contributed by atoms with Gasteiger partial charge in [-0.1, -0.05) is 75.7 Å². The monoisotopic (exact) mass is 494 g/mol. The second-order valence-corrected chi connectivity index (χ2v) is 10.8. The van der Waals surface area contributed by atoms with Crippen molar-refractivity contribution in [3.8, 4) is 11.1 Å². The van der Waals surface area contributed by atoms with Crippen LogP contribution in [-0.2, 0) is 9.47 Å². The Labute approximate surface area is 218 Å². The molecule has 0 bridgehead atoms. The van der Waals surface area contributed by atoms with Crippen molar-refractivity contribution in [3.63, 3.8) is 0 Å². The quantitative estimate of drug-likeness (QED) is 0.263. The molecular formula is C33H34O4. The van der Waals surface area contributed by atoms with E-state index >= 15 is 0 Å². The van der Waals surface area contributed by atoms with Gasteiger partial charge < -0.3 is 9.47 Å². The van der Waals surface area contributed by atoms with Gasteiger partial charge in [-0.3, -0.25) is 0 Å². The van der Waals surface area contributed by atoms with Crippen LogP contribution in [0.15, 0.2) is 72.8 Å². The molecule has 4 aromatic rings. The first-order chi connectivity index (χ1) is 17.9. The number of hydrogen-bond donors (Lipinski definition) is 0. The summed E-state index contributed by atoms with van der Waals surface area (Å²) in [4.78, 5) is 26.8. The van der Waals surface area contributed by atoms with Crippen molar-refractivity contribution in [2.45, 2.75) is 46.1 Å². The van der Waals surface area contributed by atoms with Gasteiger partial charge in [0.1, 0.15) is 6.10 Å². The number of methoxy groups -OCH3 is 1. The first kappa shape index (κ1) is 25.0. The molecule has 0 radical (unpaired) electrons. The summed E-state index contributed by atoms with van der Waals surface area (Å²) in [6.45, 7) is 6.65. The lowest BCUT2D eigenvalue weighted by atomic mass is 9.75. The van der Waals surface area contributed by atoms with E-state index in [0.717, 1.165) is 40.8 Å². The lowest BCUT2D eigenvalue weighted by Crippen LogP contribution is -2.36. The molecule has 0 aromatic heterocycles. The van der Waals surface area contributed by atoms with E-state index in [1.165, 1.54) is 7.11 Å². The van der Waals surface area contributed by atoms with Gasteiger partial charge in [0.25, 0.3) is 0 Å². The van der Waals surface area contributed by atoms with E-state index in [4.69, 9.17) is 9.47 Å². The fraction of sp³-hybridized carbons (Fsp3) is 0.333. The Hall–Kier alpha value is -3.66. The average molecular weight is 495 g/mol. The summed E-state index contributed by atoms with van der Waals surface area (Å²) in [5, 5.41) is 3.87. The Kier molecular flexibility index (Phi) is 7.01. The third kappa shape index (κ3) is 4.98. The Morgan fingerprint density at radius 2 is 1.24 bits per heavy atom. The van der Waals surface area contributed by atoms with Crippen LogP contribution < -0.4 is 0 Å². The highest BCUT2D eigenvalue weighted by atomic mass is 16.5. The minimum atomic E-state index is -0.436. The van der Waals surface area contributed by atoms with Gasteiger partial charge in [-0.2, -0.15) is 0 Å². The highest BCUT2D eigenvalue weighted by Gasteiger charge is 2.34. The molecule has 0 N–H and O–H groups in total. The number of carbonyl (C=O) groups excluding carboxylic acids is 2. The van der Waals surface area contributed by atoms with Gasteiger partial charge in [0.2, 0.25) is 0 Å². The van der Waals surface area contributed by atoms with E-state index < -0.39 is 5.97 Å². The second kappa shape index (κ2) is 10.4. The highest BCUT2D eigenvalue weighted by molar-refractivity contribution is 6.09. The first-order valence-corrected chi connectivity index (χ1v) is 13.2. The summed E-state index contributed by atoms with van der Waals surface area (Å²) < 4.78 is 11.4. The molecule has 190 valence electrons. The van der Waals surface area contributed by atoms with Gasteiger partial charge in [0, 0.05) is 0 Å². The molecule has 37 heavy (non-hydrogen) atoms. The number of ether oxygens (including phenoxy) is 2. The van der Waals surface area contributed by atoms with Gasteiger partial charge >= 0.3 is 11.9 Å². The molecule has 1 aliphatic carbocycles. The number of carbonyl (C=O) groups is 2. The molecule has 1 aliphatic rings. The van der Waals surface area contributed by atoms with Crippen molar-refractivity contribution in [1.82, 2.24) is 0 Å². The Morgan fingerprint density at radius 1 is 0.757 bits per heavy atom. The van der Waals surface area contributed by atoms with Crippen LogP contribution >= 0.6 is 0 Å². The molecule has 4 nitrogen and oxygen atoms in total. The fourth-order valence-electron chi connectivity index (χ4n) is 5.83. The summed E-state index contributed by atoms with van der Waals surface area (Å²) in [6, 6.07) is 23.6. The smallest absolute Gasteiger partial charge is 0.339 e. The Balaban J connectivity index is 1.67. The van der Waals surface area contributed by atoms with Gasteiger partial charge in [-0.25, -0.2) is 9.59 Å². The second-order valence-electron chi connectivity index (χ2n) is 10.8. The van der Waals surface area contributed by atoms with Gasteiger partial charge in [-0.15, -0.1) is 0 Å². The van der Waals surface area contributed by atoms with Crippen LogP contribution in [0.5, 0.6) is 0 Å². The summed E-state index contributed by atoms with van der Waals surface area (Å²) in [5.41, 5.74) is 2.25. The van der Waals surface area contributed by atoms with Gasteiger partial charge in [0.05, 0.1) is 18.2 Å². The van der Waals surface area contributed by atoms with Crippen LogP contribution in [0.25, 0.3) is 32.7 Å². The predicted molar refractivity (Wildman–Crippen MR) is 149 cm³/mol. The highest BCUT2D eigenvalue weighted by Crippen LogP contribution is 2.38. The van der Waals surface area contributed by atoms with E-state index in [2.05, 4.69) is 20.8 Å². The van der Waals surface area contributed by atoms with Crippen LogP contribution in [0.4, 0.5) is 0 Å². The molecule has 0 aliphatic heterocycles. The van der Waals surface area contributed by atoms with Crippen LogP contribution in [0.3, 0.4) is 0 Å². The van der Waals surface area contributed by atoms with Gasteiger partial charge in [0.15, 0.2) is 0 Å². The van der Waals surface area contributed by atoms with Crippen molar-refractivity contribution in [2.75, 3.05) is 7.11 Å². The van der Waals surface area contributed by atoms with Crippen molar-refractivity contribution in [1.29, 1.82) is 0 Å². The molecule has 3 atom stereocenters. The maximum Gasteiger partial charge on any atom is 0.339 e. The lowest BCUT2D eigenvalue weighted by molar-refractivity contribution is -0.0173. The summed E-state index contributed by atoms with van der Waals surface area (Å²) in [5.74, 6) is 0.530. The van der Waals surface area contributed by atoms with Crippen LogP contribution in [0.2, 0.25) is 0 Å². The lowest BCUT2D eigenvalue weighted by Gasteiger charge is -2.36. The Bertz CT molecular complexity index is 1470. The molecule has 0 saturated heterocycles. The Morgan fingerprint density at radius 3 is 1.73 bits per heavy atom. The SMILES string of the molecule is COC(=O)c1cc2ccccc2cc1-c1cc2ccccc2cc1C(=O)O[C@@H]1CC(C)CC[C@H]1C(C)C. The molecule has 1 unspecified atom stereocenters. The largest absolute Gasteiger partial charge is 0.465 e. The maximum atomic E-state index is 13.9. The zero-order valence-corrected chi connectivity index (χ0v) is 22.0. The van der Waals surface area contributed by atoms with Gasteiger partial charge in [-0.05, 0) is 87.5 Å². The molecule has 0 amide bonds. The molecule has 0 heterocycles. The standard InChI is InChI=1S/C33H34O4/c1-20(2)26-14-13-21(3)15-31(26)37-33(35)30-19-25-12-8-6-10-23(25)17-28(30)27-16-22-9-5-7-11-24(22)18-29(27)32(34)36-4/h5-12,16-21,26,31H,13-15H2,1-4H3/t21?,26-,31+/m0/s1. The summed E-state index contributed by atoms with van der Waals surface area (Å²) in [6.07, 6.45) is 2.99. The zero-order valence-electron chi connectivity index (χ0n) is 22.0. The number of hydrogen-bond acceptors (Lipinski definition) is 4. The number of fused-ring (bicyclic) bond motifs is 2. The predicted octanol–water partition coefficient (Wildman–Crippen LogP) is 8.06. The van der Waals surface area contributed by atoms with Crippen LogP contribution in [0, 0.1) is 17.8 Å². The zero-order chi connectivity index (χ0) is 26.1. The number of benzene rings is 4. The molecule has 5 rings (SSSR count). The van der Waals surface area contributed by atoms with Crippen LogP contribution in [0.1, 0.15) is 60.7 Å². The normalized spacial score (nSPS) is 19.8. The average Bonchev–Trinajstić information content (AvgIpc) is 2.91. The van der Waals surface area contributed by atoms with E-state index in [1.54, 1.807) is 0 Å². The maximum absolute atomic E-state index is 13.9. The van der Waals surface area contributed by atoms with E-state index in [0.29, 0.717) is 40.0 Å². The minimum Gasteiger partial charge on any atom is -0.465 e.